The van der Waals surface area contributed by atoms with E-state index in [9.17, 15) is 9.59 Å². The van der Waals surface area contributed by atoms with Crippen molar-refractivity contribution >= 4 is 17.6 Å². The van der Waals surface area contributed by atoms with Crippen LogP contribution < -0.4 is 14.8 Å². The van der Waals surface area contributed by atoms with Gasteiger partial charge in [0.1, 0.15) is 17.2 Å². The van der Waals surface area contributed by atoms with Gasteiger partial charge in [0, 0.05) is 5.69 Å². The molecular weight excluding hydrogens is 370 g/mol. The van der Waals surface area contributed by atoms with Crippen molar-refractivity contribution in [3.63, 3.8) is 0 Å². The van der Waals surface area contributed by atoms with Gasteiger partial charge < -0.3 is 19.5 Å². The van der Waals surface area contributed by atoms with Crippen molar-refractivity contribution in [2.45, 2.75) is 13.0 Å². The summed E-state index contributed by atoms with van der Waals surface area (Å²) in [4.78, 5) is 24.0. The van der Waals surface area contributed by atoms with Crippen LogP contribution >= 0.6 is 0 Å². The molecule has 3 aromatic rings. The van der Waals surface area contributed by atoms with Crippen LogP contribution in [-0.2, 0) is 14.3 Å². The maximum absolute atomic E-state index is 12.0. The molecule has 0 heterocycles. The number of nitrogens with one attached hydrogen (secondary N) is 1. The maximum Gasteiger partial charge on any atom is 0.347 e. The molecule has 148 valence electrons. The molecule has 29 heavy (non-hydrogen) atoms. The molecule has 0 saturated carbocycles. The molecule has 0 spiro atoms. The van der Waals surface area contributed by atoms with Crippen LogP contribution in [0.25, 0.3) is 0 Å². The fraction of sp³-hybridized carbons (Fsp3) is 0.130. The Hall–Kier alpha value is -3.80. The van der Waals surface area contributed by atoms with Crippen molar-refractivity contribution in [1.29, 1.82) is 0 Å². The number of amides is 1. The molecule has 0 bridgehead atoms. The van der Waals surface area contributed by atoms with Gasteiger partial charge in [0.05, 0.1) is 0 Å². The van der Waals surface area contributed by atoms with E-state index in [-0.39, 0.29) is 0 Å². The van der Waals surface area contributed by atoms with Crippen molar-refractivity contribution in [3.8, 4) is 17.2 Å². The van der Waals surface area contributed by atoms with Crippen LogP contribution in [0.3, 0.4) is 0 Å². The Bertz CT molecular complexity index is 927. The molecular formula is C23H21NO5. The zero-order valence-corrected chi connectivity index (χ0v) is 15.9. The first-order chi connectivity index (χ1) is 14.1. The van der Waals surface area contributed by atoms with Crippen LogP contribution in [0.5, 0.6) is 17.2 Å². The summed E-state index contributed by atoms with van der Waals surface area (Å²) in [6.07, 6.45) is -0.820. The van der Waals surface area contributed by atoms with Crippen LogP contribution in [0.4, 0.5) is 5.69 Å². The smallest absolute Gasteiger partial charge is 0.347 e. The lowest BCUT2D eigenvalue weighted by Crippen LogP contribution is -2.29. The van der Waals surface area contributed by atoms with Gasteiger partial charge in [0.2, 0.25) is 0 Å². The van der Waals surface area contributed by atoms with E-state index in [0.717, 1.165) is 5.75 Å². The van der Waals surface area contributed by atoms with E-state index in [0.29, 0.717) is 17.2 Å². The summed E-state index contributed by atoms with van der Waals surface area (Å²) in [6.45, 7) is 1.17. The predicted octanol–water partition coefficient (Wildman–Crippen LogP) is 4.43. The Morgan fingerprint density at radius 1 is 0.793 bits per heavy atom. The first-order valence-corrected chi connectivity index (χ1v) is 9.11. The summed E-state index contributed by atoms with van der Waals surface area (Å²) < 4.78 is 16.2. The first-order valence-electron chi connectivity index (χ1n) is 9.11. The van der Waals surface area contributed by atoms with E-state index in [4.69, 9.17) is 14.2 Å². The van der Waals surface area contributed by atoms with E-state index >= 15 is 0 Å². The maximum atomic E-state index is 12.0. The minimum atomic E-state index is -0.820. The monoisotopic (exact) mass is 391 g/mol. The molecule has 0 aromatic heterocycles. The highest BCUT2D eigenvalue weighted by Gasteiger charge is 2.17. The normalized spacial score (nSPS) is 11.2. The first kappa shape index (κ1) is 19.9. The molecule has 0 radical (unpaired) electrons. The van der Waals surface area contributed by atoms with E-state index in [1.165, 1.54) is 0 Å². The van der Waals surface area contributed by atoms with Gasteiger partial charge in [-0.15, -0.1) is 0 Å². The van der Waals surface area contributed by atoms with Gasteiger partial charge in [0.15, 0.2) is 12.7 Å². The van der Waals surface area contributed by atoms with Gasteiger partial charge in [-0.05, 0) is 55.5 Å². The van der Waals surface area contributed by atoms with E-state index in [2.05, 4.69) is 5.32 Å². The molecule has 0 saturated heterocycles. The van der Waals surface area contributed by atoms with Gasteiger partial charge in [-0.25, -0.2) is 4.79 Å². The highest BCUT2D eigenvalue weighted by molar-refractivity contribution is 5.93. The minimum absolute atomic E-state index is 0.399. The van der Waals surface area contributed by atoms with Crippen molar-refractivity contribution in [2.24, 2.45) is 0 Å². The van der Waals surface area contributed by atoms with Gasteiger partial charge in [-0.2, -0.15) is 0 Å². The van der Waals surface area contributed by atoms with Crippen LogP contribution in [0, 0.1) is 0 Å². The number of carbonyl (C=O) groups excluding carboxylic acids is 2. The largest absolute Gasteiger partial charge is 0.479 e. The predicted molar refractivity (Wildman–Crippen MR) is 109 cm³/mol. The number of ether oxygens (including phenoxy) is 3. The summed E-state index contributed by atoms with van der Waals surface area (Å²) in [7, 11) is 0. The summed E-state index contributed by atoms with van der Waals surface area (Å²) in [5, 5.41) is 2.66. The second kappa shape index (κ2) is 9.94. The molecule has 0 fully saturated rings. The average molecular weight is 391 g/mol. The number of carbonyl (C=O) groups is 2. The van der Waals surface area contributed by atoms with E-state index in [1.807, 2.05) is 36.4 Å². The Balaban J connectivity index is 1.43. The van der Waals surface area contributed by atoms with Crippen molar-refractivity contribution < 1.29 is 23.8 Å². The molecule has 0 unspecified atom stereocenters. The molecule has 0 aliphatic carbocycles. The van der Waals surface area contributed by atoms with Crippen molar-refractivity contribution in [1.82, 2.24) is 0 Å². The topological polar surface area (TPSA) is 73.9 Å². The second-order valence-electron chi connectivity index (χ2n) is 6.17. The SMILES string of the molecule is C[C@H](Oc1ccccc1)C(=O)OCC(=O)Nc1ccc(Oc2ccccc2)cc1. The quantitative estimate of drug-likeness (QED) is 0.575. The Morgan fingerprint density at radius 2 is 1.34 bits per heavy atom. The highest BCUT2D eigenvalue weighted by atomic mass is 16.6. The standard InChI is InChI=1S/C23H21NO5/c1-17(28-19-8-4-2-5-9-19)23(26)27-16-22(25)24-18-12-14-21(15-13-18)29-20-10-6-3-7-11-20/h2-15,17H,16H2,1H3,(H,24,25)/t17-/m0/s1. The van der Waals surface area contributed by atoms with E-state index in [1.54, 1.807) is 55.5 Å². The van der Waals surface area contributed by atoms with Crippen LogP contribution in [0.1, 0.15) is 6.92 Å². The Morgan fingerprint density at radius 3 is 1.97 bits per heavy atom. The molecule has 0 aliphatic heterocycles. The third kappa shape index (κ3) is 6.39. The minimum Gasteiger partial charge on any atom is -0.479 e. The second-order valence-corrected chi connectivity index (χ2v) is 6.17. The van der Waals surface area contributed by atoms with Gasteiger partial charge >= 0.3 is 5.97 Å². The number of esters is 1. The molecule has 6 heteroatoms. The summed E-state index contributed by atoms with van der Waals surface area (Å²) in [5.74, 6) is 0.868. The van der Waals surface area contributed by atoms with Crippen LogP contribution in [-0.4, -0.2) is 24.6 Å². The fourth-order valence-corrected chi connectivity index (χ4v) is 2.43. The van der Waals surface area contributed by atoms with Crippen molar-refractivity contribution in [2.75, 3.05) is 11.9 Å². The summed E-state index contributed by atoms with van der Waals surface area (Å²) >= 11 is 0. The lowest BCUT2D eigenvalue weighted by Gasteiger charge is -2.14. The third-order valence-corrected chi connectivity index (χ3v) is 3.85. The van der Waals surface area contributed by atoms with Gasteiger partial charge in [0.25, 0.3) is 5.91 Å². The number of rotatable bonds is 8. The zero-order valence-electron chi connectivity index (χ0n) is 15.9. The molecule has 1 N–H and O–H groups in total. The Kier molecular flexibility index (Phi) is 6.84. The molecule has 3 aromatic carbocycles. The summed E-state index contributed by atoms with van der Waals surface area (Å²) in [5.41, 5.74) is 0.569. The molecule has 6 nitrogen and oxygen atoms in total. The fourth-order valence-electron chi connectivity index (χ4n) is 2.43. The number of para-hydroxylation sites is 2. The van der Waals surface area contributed by atoms with Gasteiger partial charge in [-0.1, -0.05) is 36.4 Å². The zero-order chi connectivity index (χ0) is 20.5. The molecule has 3 rings (SSSR count). The van der Waals surface area contributed by atoms with E-state index < -0.39 is 24.6 Å². The number of anilines is 1. The third-order valence-electron chi connectivity index (χ3n) is 3.85. The lowest BCUT2D eigenvalue weighted by atomic mass is 10.3. The summed E-state index contributed by atoms with van der Waals surface area (Å²) in [6, 6.07) is 25.2. The van der Waals surface area contributed by atoms with Crippen LogP contribution in [0.2, 0.25) is 0 Å². The number of hydrogen-bond donors (Lipinski definition) is 1. The average Bonchev–Trinajstić information content (AvgIpc) is 2.75. The number of hydrogen-bond acceptors (Lipinski definition) is 5. The van der Waals surface area contributed by atoms with Crippen LogP contribution in [0.15, 0.2) is 84.9 Å². The van der Waals surface area contributed by atoms with Crippen molar-refractivity contribution in [3.05, 3.63) is 84.9 Å². The highest BCUT2D eigenvalue weighted by Crippen LogP contribution is 2.22. The molecule has 1 amide bonds. The van der Waals surface area contributed by atoms with Gasteiger partial charge in [-0.3, -0.25) is 4.79 Å². The molecule has 1 atom stereocenters. The lowest BCUT2D eigenvalue weighted by molar-refractivity contribution is -0.153. The Labute approximate surface area is 169 Å². The number of benzene rings is 3. The molecule has 0 aliphatic rings.